The van der Waals surface area contributed by atoms with Crippen molar-refractivity contribution in [2.45, 2.75) is 13.2 Å². The molecule has 6 nitrogen and oxygen atoms in total. The number of nitrogens with zero attached hydrogens (tertiary/aromatic N) is 1. The standard InChI is InChI=1S/C21H19N3O3/c25-15-23-19-5-1-2-6-20(19)24-21(26)18-9-7-16(8-10-18)13-27-14-17-4-3-11-22-12-17/h1-12,15H,13-14H2,(H,23,25)(H,24,26). The number of benzene rings is 2. The summed E-state index contributed by atoms with van der Waals surface area (Å²) in [6.45, 7) is 0.930. The van der Waals surface area contributed by atoms with E-state index in [4.69, 9.17) is 4.74 Å². The average Bonchev–Trinajstić information content (AvgIpc) is 2.71. The Kier molecular flexibility index (Phi) is 6.27. The van der Waals surface area contributed by atoms with E-state index in [0.29, 0.717) is 36.6 Å². The van der Waals surface area contributed by atoms with Crippen molar-refractivity contribution >= 4 is 23.7 Å². The maximum absolute atomic E-state index is 12.4. The van der Waals surface area contributed by atoms with Crippen LogP contribution < -0.4 is 10.6 Å². The molecule has 0 atom stereocenters. The van der Waals surface area contributed by atoms with Crippen LogP contribution in [-0.2, 0) is 22.7 Å². The molecule has 0 unspecified atom stereocenters. The van der Waals surface area contributed by atoms with Gasteiger partial charge < -0.3 is 15.4 Å². The number of aromatic nitrogens is 1. The molecule has 0 spiro atoms. The number of anilines is 2. The monoisotopic (exact) mass is 361 g/mol. The molecule has 0 aliphatic rings. The van der Waals surface area contributed by atoms with Gasteiger partial charge in [-0.25, -0.2) is 0 Å². The molecule has 0 radical (unpaired) electrons. The van der Waals surface area contributed by atoms with E-state index in [1.54, 1.807) is 48.8 Å². The van der Waals surface area contributed by atoms with Crippen molar-refractivity contribution in [3.05, 3.63) is 89.7 Å². The number of rotatable bonds is 8. The van der Waals surface area contributed by atoms with E-state index >= 15 is 0 Å². The molecule has 0 bridgehead atoms. The van der Waals surface area contributed by atoms with E-state index < -0.39 is 0 Å². The van der Waals surface area contributed by atoms with Crippen molar-refractivity contribution in [2.24, 2.45) is 0 Å². The number of ether oxygens (including phenoxy) is 1. The third-order valence-corrected chi connectivity index (χ3v) is 3.87. The van der Waals surface area contributed by atoms with Crippen LogP contribution in [-0.4, -0.2) is 17.3 Å². The summed E-state index contributed by atoms with van der Waals surface area (Å²) in [6.07, 6.45) is 4.07. The molecule has 0 fully saturated rings. The third-order valence-electron chi connectivity index (χ3n) is 3.87. The maximum atomic E-state index is 12.4. The summed E-state index contributed by atoms with van der Waals surface area (Å²) in [6, 6.07) is 18.0. The number of hydrogen-bond donors (Lipinski definition) is 2. The van der Waals surface area contributed by atoms with Crippen LogP contribution in [0.1, 0.15) is 21.5 Å². The van der Waals surface area contributed by atoms with Crippen LogP contribution in [0.2, 0.25) is 0 Å². The fourth-order valence-corrected chi connectivity index (χ4v) is 2.50. The lowest BCUT2D eigenvalue weighted by atomic mass is 10.1. The Labute approximate surface area is 157 Å². The Morgan fingerprint density at radius 3 is 2.37 bits per heavy atom. The Balaban J connectivity index is 1.56. The lowest BCUT2D eigenvalue weighted by Gasteiger charge is -2.10. The first-order valence-corrected chi connectivity index (χ1v) is 8.42. The van der Waals surface area contributed by atoms with Gasteiger partial charge in [-0.15, -0.1) is 0 Å². The van der Waals surface area contributed by atoms with E-state index in [0.717, 1.165) is 11.1 Å². The zero-order chi connectivity index (χ0) is 18.9. The van der Waals surface area contributed by atoms with Gasteiger partial charge >= 0.3 is 0 Å². The molecule has 0 saturated heterocycles. The van der Waals surface area contributed by atoms with Crippen LogP contribution in [0.15, 0.2) is 73.1 Å². The Morgan fingerprint density at radius 1 is 0.926 bits per heavy atom. The summed E-state index contributed by atoms with van der Waals surface area (Å²) in [4.78, 5) is 27.1. The van der Waals surface area contributed by atoms with Crippen molar-refractivity contribution in [3.8, 4) is 0 Å². The summed E-state index contributed by atoms with van der Waals surface area (Å²) in [7, 11) is 0. The van der Waals surface area contributed by atoms with Crippen molar-refractivity contribution in [1.29, 1.82) is 0 Å². The molecule has 6 heteroatoms. The van der Waals surface area contributed by atoms with Gasteiger partial charge in [-0.2, -0.15) is 0 Å². The Morgan fingerprint density at radius 2 is 1.67 bits per heavy atom. The fourth-order valence-electron chi connectivity index (χ4n) is 2.50. The smallest absolute Gasteiger partial charge is 0.255 e. The highest BCUT2D eigenvalue weighted by molar-refractivity contribution is 6.06. The number of nitrogens with one attached hydrogen (secondary N) is 2. The summed E-state index contributed by atoms with van der Waals surface area (Å²) in [5.41, 5.74) is 3.58. The molecular weight excluding hydrogens is 342 g/mol. The molecule has 0 saturated carbocycles. The number of hydrogen-bond acceptors (Lipinski definition) is 4. The first-order valence-electron chi connectivity index (χ1n) is 8.42. The average molecular weight is 361 g/mol. The highest BCUT2D eigenvalue weighted by atomic mass is 16.5. The number of pyridine rings is 1. The van der Waals surface area contributed by atoms with E-state index in [-0.39, 0.29) is 5.91 Å². The van der Waals surface area contributed by atoms with Gasteiger partial charge in [0.15, 0.2) is 0 Å². The Hall–Kier alpha value is -3.51. The molecule has 1 heterocycles. The minimum absolute atomic E-state index is 0.252. The quantitative estimate of drug-likeness (QED) is 0.601. The normalized spacial score (nSPS) is 10.2. The van der Waals surface area contributed by atoms with Crippen LogP contribution in [0, 0.1) is 0 Å². The zero-order valence-corrected chi connectivity index (χ0v) is 14.6. The fraction of sp³-hybridized carbons (Fsp3) is 0.0952. The van der Waals surface area contributed by atoms with Gasteiger partial charge in [0.25, 0.3) is 5.91 Å². The maximum Gasteiger partial charge on any atom is 0.255 e. The largest absolute Gasteiger partial charge is 0.372 e. The van der Waals surface area contributed by atoms with E-state index in [2.05, 4.69) is 15.6 Å². The predicted octanol–water partition coefficient (Wildman–Crippen LogP) is 3.62. The molecule has 0 aliphatic carbocycles. The molecule has 2 N–H and O–H groups in total. The van der Waals surface area contributed by atoms with Gasteiger partial charge in [0.05, 0.1) is 24.6 Å². The second kappa shape index (κ2) is 9.26. The van der Waals surface area contributed by atoms with Crippen LogP contribution >= 0.6 is 0 Å². The lowest BCUT2D eigenvalue weighted by molar-refractivity contribution is -0.105. The highest BCUT2D eigenvalue weighted by Gasteiger charge is 2.09. The van der Waals surface area contributed by atoms with Crippen LogP contribution in [0.4, 0.5) is 11.4 Å². The van der Waals surface area contributed by atoms with Crippen molar-refractivity contribution in [2.75, 3.05) is 10.6 Å². The molecule has 1 aromatic heterocycles. The number of para-hydroxylation sites is 2. The van der Waals surface area contributed by atoms with Crippen molar-refractivity contribution < 1.29 is 14.3 Å². The molecule has 0 aliphatic heterocycles. The van der Waals surface area contributed by atoms with Gasteiger partial charge in [-0.1, -0.05) is 30.3 Å². The van der Waals surface area contributed by atoms with Crippen molar-refractivity contribution in [3.63, 3.8) is 0 Å². The molecule has 2 aromatic carbocycles. The van der Waals surface area contributed by atoms with Gasteiger partial charge in [0, 0.05) is 18.0 Å². The topological polar surface area (TPSA) is 80.3 Å². The summed E-state index contributed by atoms with van der Waals surface area (Å²) in [5.74, 6) is -0.252. The van der Waals surface area contributed by atoms with E-state index in [1.165, 1.54) is 0 Å². The minimum atomic E-state index is -0.252. The molecule has 2 amide bonds. The summed E-state index contributed by atoms with van der Waals surface area (Å²) < 4.78 is 5.66. The second-order valence-electron chi connectivity index (χ2n) is 5.81. The Bertz CT molecular complexity index is 896. The summed E-state index contributed by atoms with van der Waals surface area (Å²) in [5, 5.41) is 5.36. The van der Waals surface area contributed by atoms with Crippen molar-refractivity contribution in [1.82, 2.24) is 4.98 Å². The van der Waals surface area contributed by atoms with E-state index in [1.807, 2.05) is 24.3 Å². The highest BCUT2D eigenvalue weighted by Crippen LogP contribution is 2.21. The second-order valence-corrected chi connectivity index (χ2v) is 5.81. The molecular formula is C21H19N3O3. The number of carbonyl (C=O) groups is 2. The van der Waals surface area contributed by atoms with E-state index in [9.17, 15) is 9.59 Å². The lowest BCUT2D eigenvalue weighted by Crippen LogP contribution is -2.13. The molecule has 3 rings (SSSR count). The van der Waals surface area contributed by atoms with Gasteiger partial charge in [0.2, 0.25) is 6.41 Å². The van der Waals surface area contributed by atoms with Gasteiger partial charge in [-0.05, 0) is 41.5 Å². The predicted molar refractivity (Wildman–Crippen MR) is 103 cm³/mol. The molecule has 136 valence electrons. The number of amides is 2. The van der Waals surface area contributed by atoms with Crippen LogP contribution in [0.3, 0.4) is 0 Å². The number of carbonyl (C=O) groups excluding carboxylic acids is 2. The summed E-state index contributed by atoms with van der Waals surface area (Å²) >= 11 is 0. The minimum Gasteiger partial charge on any atom is -0.372 e. The van der Waals surface area contributed by atoms with Gasteiger partial charge in [0.1, 0.15) is 0 Å². The van der Waals surface area contributed by atoms with Gasteiger partial charge in [-0.3, -0.25) is 14.6 Å². The first kappa shape index (κ1) is 18.3. The van der Waals surface area contributed by atoms with Crippen LogP contribution in [0.25, 0.3) is 0 Å². The molecule has 3 aromatic rings. The van der Waals surface area contributed by atoms with Crippen LogP contribution in [0.5, 0.6) is 0 Å². The first-order chi connectivity index (χ1) is 13.3. The molecule has 27 heavy (non-hydrogen) atoms. The third kappa shape index (κ3) is 5.23. The zero-order valence-electron chi connectivity index (χ0n) is 14.6. The SMILES string of the molecule is O=CNc1ccccc1NC(=O)c1ccc(COCc2cccnc2)cc1.